The monoisotopic (exact) mass is 256 g/mol. The lowest BCUT2D eigenvalue weighted by atomic mass is 10.0. The van der Waals surface area contributed by atoms with Crippen LogP contribution >= 0.6 is 0 Å². The zero-order valence-corrected chi connectivity index (χ0v) is 11.5. The van der Waals surface area contributed by atoms with Gasteiger partial charge in [0.25, 0.3) is 0 Å². The van der Waals surface area contributed by atoms with Crippen LogP contribution in [-0.2, 0) is 0 Å². The summed E-state index contributed by atoms with van der Waals surface area (Å²) in [7, 11) is 2.02. The number of rotatable bonds is 5. The fourth-order valence-corrected chi connectivity index (χ4v) is 2.27. The molecular weight excluding hydrogens is 236 g/mol. The summed E-state index contributed by atoms with van der Waals surface area (Å²) < 4.78 is 0. The second kappa shape index (κ2) is 6.34. The van der Waals surface area contributed by atoms with Crippen LogP contribution < -0.4 is 4.90 Å². The standard InChI is InChI=1S/C16H20N2O/c1-13-7-6-10-16(17-13)18(2)15(11-12-19)14-8-4-3-5-9-14/h3-10,15,19H,11-12H2,1-2H3. The van der Waals surface area contributed by atoms with Crippen LogP contribution in [0.2, 0.25) is 0 Å². The maximum atomic E-state index is 9.30. The number of nitrogens with zero attached hydrogens (tertiary/aromatic N) is 2. The topological polar surface area (TPSA) is 36.4 Å². The van der Waals surface area contributed by atoms with E-state index in [9.17, 15) is 5.11 Å². The number of aryl methyl sites for hydroxylation is 1. The highest BCUT2D eigenvalue weighted by Gasteiger charge is 2.17. The van der Waals surface area contributed by atoms with Crippen molar-refractivity contribution in [3.8, 4) is 0 Å². The van der Waals surface area contributed by atoms with Crippen molar-refractivity contribution in [2.45, 2.75) is 19.4 Å². The second-order valence-corrected chi connectivity index (χ2v) is 4.69. The van der Waals surface area contributed by atoms with Gasteiger partial charge in [0.2, 0.25) is 0 Å². The number of benzene rings is 1. The predicted octanol–water partition coefficient (Wildman–Crippen LogP) is 2.95. The van der Waals surface area contributed by atoms with Crippen molar-refractivity contribution in [1.82, 2.24) is 4.98 Å². The van der Waals surface area contributed by atoms with Gasteiger partial charge in [-0.25, -0.2) is 4.98 Å². The Morgan fingerprint density at radius 3 is 2.47 bits per heavy atom. The zero-order valence-electron chi connectivity index (χ0n) is 11.5. The van der Waals surface area contributed by atoms with Crippen LogP contribution in [0.3, 0.4) is 0 Å². The molecule has 19 heavy (non-hydrogen) atoms. The largest absolute Gasteiger partial charge is 0.396 e. The first-order chi connectivity index (χ1) is 9.22. The van der Waals surface area contributed by atoms with E-state index in [-0.39, 0.29) is 12.6 Å². The van der Waals surface area contributed by atoms with Crippen LogP contribution in [0.1, 0.15) is 23.7 Å². The third kappa shape index (κ3) is 3.32. The molecule has 1 N–H and O–H groups in total. The second-order valence-electron chi connectivity index (χ2n) is 4.69. The molecule has 0 saturated carbocycles. The molecule has 3 nitrogen and oxygen atoms in total. The number of pyridine rings is 1. The molecule has 0 spiro atoms. The Morgan fingerprint density at radius 2 is 1.84 bits per heavy atom. The smallest absolute Gasteiger partial charge is 0.129 e. The molecule has 1 atom stereocenters. The molecule has 1 aromatic carbocycles. The molecule has 0 bridgehead atoms. The van der Waals surface area contributed by atoms with E-state index in [1.54, 1.807) is 0 Å². The number of aromatic nitrogens is 1. The molecule has 0 fully saturated rings. The first-order valence-corrected chi connectivity index (χ1v) is 6.54. The van der Waals surface area contributed by atoms with Crippen molar-refractivity contribution >= 4 is 5.82 Å². The minimum Gasteiger partial charge on any atom is -0.396 e. The average molecular weight is 256 g/mol. The predicted molar refractivity (Wildman–Crippen MR) is 78.3 cm³/mol. The molecule has 0 aliphatic heterocycles. The summed E-state index contributed by atoms with van der Waals surface area (Å²) in [6.07, 6.45) is 0.691. The van der Waals surface area contributed by atoms with Crippen LogP contribution in [0.25, 0.3) is 0 Å². The van der Waals surface area contributed by atoms with Gasteiger partial charge in [-0.1, -0.05) is 36.4 Å². The highest BCUT2D eigenvalue weighted by molar-refractivity contribution is 5.42. The normalized spacial score (nSPS) is 12.2. The molecule has 1 unspecified atom stereocenters. The first kappa shape index (κ1) is 13.6. The Labute approximate surface area is 114 Å². The molecule has 0 radical (unpaired) electrons. The molecule has 3 heteroatoms. The van der Waals surface area contributed by atoms with E-state index in [0.29, 0.717) is 6.42 Å². The van der Waals surface area contributed by atoms with Crippen molar-refractivity contribution in [1.29, 1.82) is 0 Å². The van der Waals surface area contributed by atoms with Crippen LogP contribution in [0.15, 0.2) is 48.5 Å². The van der Waals surface area contributed by atoms with E-state index in [1.807, 2.05) is 50.4 Å². The number of hydrogen-bond donors (Lipinski definition) is 1. The van der Waals surface area contributed by atoms with Crippen molar-refractivity contribution in [3.63, 3.8) is 0 Å². The van der Waals surface area contributed by atoms with E-state index in [2.05, 4.69) is 22.0 Å². The van der Waals surface area contributed by atoms with Gasteiger partial charge in [-0.05, 0) is 31.0 Å². The summed E-state index contributed by atoms with van der Waals surface area (Å²) in [4.78, 5) is 6.67. The van der Waals surface area contributed by atoms with E-state index >= 15 is 0 Å². The third-order valence-corrected chi connectivity index (χ3v) is 3.29. The van der Waals surface area contributed by atoms with E-state index in [1.165, 1.54) is 5.56 Å². The van der Waals surface area contributed by atoms with E-state index < -0.39 is 0 Å². The summed E-state index contributed by atoms with van der Waals surface area (Å²) in [5.74, 6) is 0.933. The van der Waals surface area contributed by atoms with Crippen LogP contribution in [-0.4, -0.2) is 23.7 Å². The molecule has 2 aromatic rings. The summed E-state index contributed by atoms with van der Waals surface area (Å²) >= 11 is 0. The third-order valence-electron chi connectivity index (χ3n) is 3.29. The van der Waals surface area contributed by atoms with Crippen LogP contribution in [0.4, 0.5) is 5.82 Å². The lowest BCUT2D eigenvalue weighted by Gasteiger charge is -2.29. The van der Waals surface area contributed by atoms with Gasteiger partial charge < -0.3 is 10.0 Å². The SMILES string of the molecule is Cc1cccc(N(C)C(CCO)c2ccccc2)n1. The molecule has 0 aliphatic rings. The fraction of sp³-hybridized carbons (Fsp3) is 0.312. The highest BCUT2D eigenvalue weighted by atomic mass is 16.3. The minimum absolute atomic E-state index is 0.139. The fourth-order valence-electron chi connectivity index (χ4n) is 2.27. The van der Waals surface area contributed by atoms with E-state index in [4.69, 9.17) is 0 Å². The maximum absolute atomic E-state index is 9.30. The van der Waals surface area contributed by atoms with Gasteiger partial charge in [0, 0.05) is 19.3 Å². The molecule has 0 saturated heterocycles. The Kier molecular flexibility index (Phi) is 4.53. The quantitative estimate of drug-likeness (QED) is 0.893. The summed E-state index contributed by atoms with van der Waals surface area (Å²) in [6, 6.07) is 16.4. The average Bonchev–Trinajstić information content (AvgIpc) is 2.45. The van der Waals surface area contributed by atoms with Gasteiger partial charge in [-0.2, -0.15) is 0 Å². The van der Waals surface area contributed by atoms with Crippen molar-refractivity contribution in [3.05, 3.63) is 59.8 Å². The van der Waals surface area contributed by atoms with Crippen molar-refractivity contribution in [2.75, 3.05) is 18.6 Å². The Bertz CT molecular complexity index is 513. The minimum atomic E-state index is 0.139. The lowest BCUT2D eigenvalue weighted by molar-refractivity contribution is 0.274. The van der Waals surface area contributed by atoms with Crippen LogP contribution in [0.5, 0.6) is 0 Å². The molecule has 2 rings (SSSR count). The number of hydrogen-bond acceptors (Lipinski definition) is 3. The Hall–Kier alpha value is -1.87. The molecule has 100 valence electrons. The zero-order chi connectivity index (χ0) is 13.7. The highest BCUT2D eigenvalue weighted by Crippen LogP contribution is 2.26. The molecule has 1 heterocycles. The summed E-state index contributed by atoms with van der Waals surface area (Å²) in [5, 5.41) is 9.30. The molecule has 1 aromatic heterocycles. The Balaban J connectivity index is 2.29. The first-order valence-electron chi connectivity index (χ1n) is 6.54. The summed E-state index contributed by atoms with van der Waals surface area (Å²) in [6.45, 7) is 2.15. The van der Waals surface area contributed by atoms with Gasteiger partial charge >= 0.3 is 0 Å². The maximum Gasteiger partial charge on any atom is 0.129 e. The van der Waals surface area contributed by atoms with Gasteiger partial charge in [0.15, 0.2) is 0 Å². The Morgan fingerprint density at radius 1 is 1.11 bits per heavy atom. The van der Waals surface area contributed by atoms with Gasteiger partial charge in [0.05, 0.1) is 6.04 Å². The molecular formula is C16H20N2O. The number of anilines is 1. The van der Waals surface area contributed by atoms with Crippen LogP contribution in [0, 0.1) is 6.92 Å². The van der Waals surface area contributed by atoms with E-state index in [0.717, 1.165) is 11.5 Å². The van der Waals surface area contributed by atoms with Gasteiger partial charge in [-0.3, -0.25) is 0 Å². The molecule has 0 aliphatic carbocycles. The lowest BCUT2D eigenvalue weighted by Crippen LogP contribution is -2.26. The number of aliphatic hydroxyl groups is 1. The van der Waals surface area contributed by atoms with Gasteiger partial charge in [0.1, 0.15) is 5.82 Å². The number of aliphatic hydroxyl groups excluding tert-OH is 1. The van der Waals surface area contributed by atoms with Crippen molar-refractivity contribution < 1.29 is 5.11 Å². The van der Waals surface area contributed by atoms with Gasteiger partial charge in [-0.15, -0.1) is 0 Å². The molecule has 0 amide bonds. The summed E-state index contributed by atoms with van der Waals surface area (Å²) in [5.41, 5.74) is 2.20. The van der Waals surface area contributed by atoms with Crippen molar-refractivity contribution in [2.24, 2.45) is 0 Å².